The zero-order valence-electron chi connectivity index (χ0n) is 25.4. The third-order valence-corrected chi connectivity index (χ3v) is 7.50. The smallest absolute Gasteiger partial charge is 0.149 e. The van der Waals surface area contributed by atoms with Gasteiger partial charge in [0.2, 0.25) is 0 Å². The van der Waals surface area contributed by atoms with Crippen molar-refractivity contribution in [2.45, 2.75) is 0 Å². The van der Waals surface area contributed by atoms with Crippen LogP contribution in [-0.4, -0.2) is 125 Å². The highest BCUT2D eigenvalue weighted by Crippen LogP contribution is 2.20. The molecule has 6 heterocycles. The van der Waals surface area contributed by atoms with E-state index >= 15 is 0 Å². The first kappa shape index (κ1) is 31.2. The molecule has 228 valence electrons. The average molecular weight is 593 g/mol. The maximum Gasteiger partial charge on any atom is 0.149 e. The fraction of sp³-hybridized carbons (Fsp3) is 0.444. The van der Waals surface area contributed by atoms with E-state index in [-0.39, 0.29) is 0 Å². The van der Waals surface area contributed by atoms with Crippen LogP contribution in [0.1, 0.15) is 0 Å². The Morgan fingerprint density at radius 3 is 0.864 bits per heavy atom. The molecule has 0 radical (unpaired) electrons. The second-order valence-electron chi connectivity index (χ2n) is 10.6. The molecule has 6 aliphatic heterocycles. The van der Waals surface area contributed by atoms with Gasteiger partial charge in [-0.05, 0) is 24.3 Å². The zero-order chi connectivity index (χ0) is 30.1. The van der Waals surface area contributed by atoms with Crippen molar-refractivity contribution in [1.29, 1.82) is 0 Å². The monoisotopic (exact) mass is 592 g/mol. The van der Waals surface area contributed by atoms with Crippen LogP contribution in [0.5, 0.6) is 23.0 Å². The normalized spacial score (nSPS) is 24.5. The number of benzene rings is 2. The van der Waals surface area contributed by atoms with Gasteiger partial charge in [-0.1, -0.05) is 59.5 Å². The fourth-order valence-electron chi connectivity index (χ4n) is 4.87. The highest BCUT2D eigenvalue weighted by atomic mass is 16.5. The van der Waals surface area contributed by atoms with Gasteiger partial charge in [0, 0.05) is 64.5 Å². The molecule has 8 nitrogen and oxygen atoms in total. The summed E-state index contributed by atoms with van der Waals surface area (Å²) in [4.78, 5) is 9.45. The first-order chi connectivity index (χ1) is 21.8. The van der Waals surface area contributed by atoms with Crippen LogP contribution in [0.15, 0.2) is 48.5 Å². The van der Waals surface area contributed by atoms with Gasteiger partial charge in [0.25, 0.3) is 0 Å². The van der Waals surface area contributed by atoms with Gasteiger partial charge in [0.15, 0.2) is 0 Å². The number of nitrogens with zero attached hydrogens (tertiary/aromatic N) is 4. The summed E-state index contributed by atoms with van der Waals surface area (Å²) in [5, 5.41) is 0. The molecule has 2 aromatic rings. The Labute approximate surface area is 262 Å². The van der Waals surface area contributed by atoms with Gasteiger partial charge < -0.3 is 18.9 Å². The number of rotatable bonds is 0. The lowest BCUT2D eigenvalue weighted by Crippen LogP contribution is -2.46. The molecule has 0 aliphatic carbocycles. The van der Waals surface area contributed by atoms with Crippen molar-refractivity contribution in [3.63, 3.8) is 0 Å². The lowest BCUT2D eigenvalue weighted by atomic mass is 10.3. The molecule has 6 aliphatic rings. The molecule has 0 N–H and O–H groups in total. The molecule has 0 saturated carbocycles. The summed E-state index contributed by atoms with van der Waals surface area (Å²) in [6.45, 7) is 12.1. The third-order valence-electron chi connectivity index (χ3n) is 7.50. The summed E-state index contributed by atoms with van der Waals surface area (Å²) < 4.78 is 23.3. The van der Waals surface area contributed by atoms with E-state index in [1.165, 1.54) is 0 Å². The molecule has 0 unspecified atom stereocenters. The number of ether oxygens (including phenoxy) is 4. The first-order valence-electron chi connectivity index (χ1n) is 15.2. The molecule has 0 atom stereocenters. The van der Waals surface area contributed by atoms with Crippen LogP contribution in [0.2, 0.25) is 0 Å². The van der Waals surface area contributed by atoms with E-state index in [4.69, 9.17) is 18.9 Å². The van der Waals surface area contributed by atoms with Gasteiger partial charge in [-0.25, -0.2) is 0 Å². The molecule has 8 bridgehead atoms. The van der Waals surface area contributed by atoms with Crippen LogP contribution in [0, 0.1) is 47.4 Å². The first-order valence-corrected chi connectivity index (χ1v) is 15.2. The SMILES string of the molecule is C1#CCN2CCN(CC#CCOc3cccc(c3)OCC#CCN3CCN(CC#CCOc4cccc(c4)OC1)CC3)CC2. The quantitative estimate of drug-likeness (QED) is 0.432. The maximum atomic E-state index is 5.83. The predicted molar refractivity (Wildman–Crippen MR) is 172 cm³/mol. The fourth-order valence-corrected chi connectivity index (χ4v) is 4.87. The van der Waals surface area contributed by atoms with E-state index in [2.05, 4.69) is 67.0 Å². The summed E-state index contributed by atoms with van der Waals surface area (Å²) in [6, 6.07) is 15.3. The summed E-state index contributed by atoms with van der Waals surface area (Å²) in [6.07, 6.45) is 0. The lowest BCUT2D eigenvalue weighted by molar-refractivity contribution is 0.157. The Hall–Kier alpha value is -4.28. The number of piperazine rings is 2. The van der Waals surface area contributed by atoms with Crippen molar-refractivity contribution in [1.82, 2.24) is 19.6 Å². The Morgan fingerprint density at radius 2 is 0.614 bits per heavy atom. The molecule has 44 heavy (non-hydrogen) atoms. The van der Waals surface area contributed by atoms with E-state index in [1.807, 2.05) is 48.5 Å². The van der Waals surface area contributed by atoms with Gasteiger partial charge in [-0.3, -0.25) is 19.6 Å². The Balaban J connectivity index is 1.14. The molecular weight excluding hydrogens is 552 g/mol. The second kappa shape index (κ2) is 17.7. The van der Waals surface area contributed by atoms with Crippen molar-refractivity contribution in [3.8, 4) is 70.4 Å². The van der Waals surface area contributed by atoms with Crippen LogP contribution in [-0.2, 0) is 0 Å². The highest BCUT2D eigenvalue weighted by Gasteiger charge is 2.15. The van der Waals surface area contributed by atoms with E-state index in [1.54, 1.807) is 0 Å². The molecule has 8 rings (SSSR count). The van der Waals surface area contributed by atoms with Crippen molar-refractivity contribution < 1.29 is 18.9 Å². The molecule has 8 heteroatoms. The zero-order valence-corrected chi connectivity index (χ0v) is 25.4. The maximum absolute atomic E-state index is 5.83. The molecule has 0 amide bonds. The van der Waals surface area contributed by atoms with E-state index < -0.39 is 0 Å². The largest absolute Gasteiger partial charge is 0.481 e. The van der Waals surface area contributed by atoms with Gasteiger partial charge in [0.05, 0.1) is 26.2 Å². The van der Waals surface area contributed by atoms with Crippen molar-refractivity contribution >= 4 is 0 Å². The van der Waals surface area contributed by atoms with E-state index in [9.17, 15) is 0 Å². The molecule has 2 aromatic carbocycles. The topological polar surface area (TPSA) is 49.9 Å². The summed E-state index contributed by atoms with van der Waals surface area (Å²) in [5.41, 5.74) is 0. The van der Waals surface area contributed by atoms with Gasteiger partial charge >= 0.3 is 0 Å². The minimum absolute atomic E-state index is 0.345. The van der Waals surface area contributed by atoms with Gasteiger partial charge in [0.1, 0.15) is 49.4 Å². The average Bonchev–Trinajstić information content (AvgIpc) is 3.05. The Bertz CT molecular complexity index is 1240. The predicted octanol–water partition coefficient (Wildman–Crippen LogP) is 2.16. The third kappa shape index (κ3) is 11.1. The molecule has 0 aromatic heterocycles. The molecule has 2 saturated heterocycles. The van der Waals surface area contributed by atoms with Crippen LogP contribution >= 0.6 is 0 Å². The summed E-state index contributed by atoms with van der Waals surface area (Å²) in [5.74, 6) is 28.5. The van der Waals surface area contributed by atoms with Crippen molar-refractivity contribution in [2.75, 3.05) is 105 Å². The van der Waals surface area contributed by atoms with E-state index in [0.29, 0.717) is 26.4 Å². The van der Waals surface area contributed by atoms with Gasteiger partial charge in [-0.15, -0.1) is 0 Å². The minimum atomic E-state index is 0.345. The van der Waals surface area contributed by atoms with Crippen LogP contribution in [0.3, 0.4) is 0 Å². The minimum Gasteiger partial charge on any atom is -0.481 e. The Kier molecular flexibility index (Phi) is 12.6. The van der Waals surface area contributed by atoms with Crippen LogP contribution in [0.4, 0.5) is 0 Å². The lowest BCUT2D eigenvalue weighted by Gasteiger charge is -2.32. The van der Waals surface area contributed by atoms with Crippen LogP contribution in [0.25, 0.3) is 0 Å². The van der Waals surface area contributed by atoms with E-state index in [0.717, 1.165) is 102 Å². The highest BCUT2D eigenvalue weighted by molar-refractivity contribution is 5.34. The standard InChI is InChI=1S/C36H40N4O4/c1-5-27-41-33-11-9-12-34(31-33)42-28-7-3-17-39-23-25-40(26-24-39)18-4-8-30-44-36-14-10-13-35(32-36)43-29-6-2-16-38-21-19-37(15-1)20-22-38/h9-14,31-32H,15-30H2. The van der Waals surface area contributed by atoms with Crippen molar-refractivity contribution in [2.24, 2.45) is 0 Å². The van der Waals surface area contributed by atoms with Gasteiger partial charge in [-0.2, -0.15) is 0 Å². The molecular formula is C36H40N4O4. The van der Waals surface area contributed by atoms with Crippen LogP contribution < -0.4 is 18.9 Å². The molecule has 2 fully saturated rings. The Morgan fingerprint density at radius 1 is 0.364 bits per heavy atom. The summed E-state index contributed by atoms with van der Waals surface area (Å²) >= 11 is 0. The number of hydrogen-bond acceptors (Lipinski definition) is 8. The number of hydrogen-bond donors (Lipinski definition) is 0. The van der Waals surface area contributed by atoms with Crippen molar-refractivity contribution in [3.05, 3.63) is 48.5 Å². The molecule has 0 spiro atoms. The second-order valence-corrected chi connectivity index (χ2v) is 10.6. The summed E-state index contributed by atoms with van der Waals surface area (Å²) in [7, 11) is 0.